The molecule has 0 aliphatic rings. The van der Waals surface area contributed by atoms with E-state index < -0.39 is 6.10 Å². The molecular formula is C15H17BrOS. The molecule has 1 unspecified atom stereocenters. The van der Waals surface area contributed by atoms with Crippen LogP contribution in [0.4, 0.5) is 0 Å². The first-order chi connectivity index (χ1) is 8.49. The summed E-state index contributed by atoms with van der Waals surface area (Å²) in [5.74, 6) is 0. The molecule has 1 aromatic carbocycles. The van der Waals surface area contributed by atoms with E-state index in [9.17, 15) is 5.11 Å². The topological polar surface area (TPSA) is 20.2 Å². The molecule has 1 N–H and O–H groups in total. The normalized spacial score (nSPS) is 12.7. The highest BCUT2D eigenvalue weighted by molar-refractivity contribution is 9.11. The minimum atomic E-state index is -0.417. The summed E-state index contributed by atoms with van der Waals surface area (Å²) in [4.78, 5) is 1.03. The van der Waals surface area contributed by atoms with Gasteiger partial charge in [0.2, 0.25) is 0 Å². The van der Waals surface area contributed by atoms with Crippen LogP contribution in [0, 0.1) is 20.8 Å². The molecule has 2 aromatic rings. The van der Waals surface area contributed by atoms with Crippen LogP contribution in [0.5, 0.6) is 0 Å². The van der Waals surface area contributed by atoms with Crippen molar-refractivity contribution >= 4 is 27.3 Å². The Kier molecular flexibility index (Phi) is 4.25. The van der Waals surface area contributed by atoms with Crippen LogP contribution in [0.3, 0.4) is 0 Å². The zero-order valence-electron chi connectivity index (χ0n) is 10.8. The number of aliphatic hydroxyl groups is 1. The van der Waals surface area contributed by atoms with Gasteiger partial charge in [-0.05, 0) is 65.0 Å². The fourth-order valence-corrected chi connectivity index (χ4v) is 3.67. The maximum atomic E-state index is 10.4. The Balaban J connectivity index is 2.23. The van der Waals surface area contributed by atoms with Gasteiger partial charge in [0.1, 0.15) is 0 Å². The van der Waals surface area contributed by atoms with Gasteiger partial charge in [-0.1, -0.05) is 18.2 Å². The van der Waals surface area contributed by atoms with Crippen molar-refractivity contribution in [2.75, 3.05) is 0 Å². The van der Waals surface area contributed by atoms with E-state index in [0.717, 1.165) is 8.66 Å². The highest BCUT2D eigenvalue weighted by Gasteiger charge is 2.15. The second kappa shape index (κ2) is 5.55. The van der Waals surface area contributed by atoms with Crippen molar-refractivity contribution < 1.29 is 5.11 Å². The van der Waals surface area contributed by atoms with E-state index in [2.05, 4.69) is 61.0 Å². The lowest BCUT2D eigenvalue weighted by atomic mass is 9.97. The third kappa shape index (κ3) is 2.85. The van der Waals surface area contributed by atoms with Gasteiger partial charge in [0.05, 0.1) is 9.89 Å². The summed E-state index contributed by atoms with van der Waals surface area (Å²) in [5, 5.41) is 10.4. The molecule has 0 aliphatic heterocycles. The number of benzene rings is 1. The quantitative estimate of drug-likeness (QED) is 0.866. The molecule has 1 heterocycles. The van der Waals surface area contributed by atoms with Crippen molar-refractivity contribution in [3.05, 3.63) is 55.2 Å². The van der Waals surface area contributed by atoms with E-state index in [-0.39, 0.29) is 0 Å². The Hall–Kier alpha value is -0.640. The van der Waals surface area contributed by atoms with Crippen molar-refractivity contribution in [1.82, 2.24) is 0 Å². The maximum Gasteiger partial charge on any atom is 0.0922 e. The van der Waals surface area contributed by atoms with Crippen molar-refractivity contribution in [2.45, 2.75) is 33.3 Å². The molecule has 0 aliphatic carbocycles. The third-order valence-electron chi connectivity index (χ3n) is 3.25. The average Bonchev–Trinajstić information content (AvgIpc) is 2.64. The van der Waals surface area contributed by atoms with Crippen LogP contribution in [0.1, 0.15) is 33.2 Å². The molecule has 3 heteroatoms. The lowest BCUT2D eigenvalue weighted by Gasteiger charge is -2.13. The van der Waals surface area contributed by atoms with Gasteiger partial charge < -0.3 is 5.11 Å². The predicted molar refractivity (Wildman–Crippen MR) is 81.3 cm³/mol. The smallest absolute Gasteiger partial charge is 0.0922 e. The van der Waals surface area contributed by atoms with Crippen molar-refractivity contribution in [3.8, 4) is 0 Å². The number of hydrogen-bond acceptors (Lipinski definition) is 2. The van der Waals surface area contributed by atoms with Crippen molar-refractivity contribution in [2.24, 2.45) is 0 Å². The summed E-state index contributed by atoms with van der Waals surface area (Å²) in [6.45, 7) is 6.26. The molecule has 0 amide bonds. The summed E-state index contributed by atoms with van der Waals surface area (Å²) in [6, 6.07) is 8.33. The molecule has 1 atom stereocenters. The van der Waals surface area contributed by atoms with Crippen LogP contribution in [-0.4, -0.2) is 5.11 Å². The number of hydrogen-bond donors (Lipinski definition) is 1. The van der Waals surface area contributed by atoms with Gasteiger partial charge in [0, 0.05) is 11.3 Å². The number of thiophene rings is 1. The van der Waals surface area contributed by atoms with E-state index in [1.54, 1.807) is 11.3 Å². The van der Waals surface area contributed by atoms with Crippen LogP contribution in [0.15, 0.2) is 28.1 Å². The second-order valence-electron chi connectivity index (χ2n) is 4.70. The number of aryl methyl sites for hydroxylation is 3. The van der Waals surface area contributed by atoms with Gasteiger partial charge in [-0.25, -0.2) is 0 Å². The van der Waals surface area contributed by atoms with Crippen LogP contribution < -0.4 is 0 Å². The van der Waals surface area contributed by atoms with E-state index in [4.69, 9.17) is 0 Å². The summed E-state index contributed by atoms with van der Waals surface area (Å²) >= 11 is 5.13. The van der Waals surface area contributed by atoms with Crippen LogP contribution in [-0.2, 0) is 6.42 Å². The maximum absolute atomic E-state index is 10.4. The standard InChI is InChI=1S/C15H17BrOS/c1-9-5-4-6-10(2)12(9)8-13(17)14-7-11(3)15(16)18-14/h4-7,13,17H,8H2,1-3H3. The first-order valence-electron chi connectivity index (χ1n) is 5.98. The molecule has 1 aromatic heterocycles. The molecule has 0 radical (unpaired) electrons. The molecule has 1 nitrogen and oxygen atoms in total. The van der Waals surface area contributed by atoms with Crippen LogP contribution >= 0.6 is 27.3 Å². The molecule has 0 bridgehead atoms. The summed E-state index contributed by atoms with van der Waals surface area (Å²) in [5.41, 5.74) is 4.95. The molecule has 0 spiro atoms. The summed E-state index contributed by atoms with van der Waals surface area (Å²) in [7, 11) is 0. The van der Waals surface area contributed by atoms with E-state index in [0.29, 0.717) is 6.42 Å². The molecule has 2 rings (SSSR count). The van der Waals surface area contributed by atoms with Gasteiger partial charge in [-0.3, -0.25) is 0 Å². The van der Waals surface area contributed by atoms with E-state index >= 15 is 0 Å². The van der Waals surface area contributed by atoms with Crippen LogP contribution in [0.2, 0.25) is 0 Å². The Morgan fingerprint density at radius 3 is 2.28 bits per heavy atom. The Morgan fingerprint density at radius 1 is 1.17 bits per heavy atom. The van der Waals surface area contributed by atoms with Gasteiger partial charge in [-0.2, -0.15) is 0 Å². The van der Waals surface area contributed by atoms with Crippen molar-refractivity contribution in [1.29, 1.82) is 0 Å². The first-order valence-corrected chi connectivity index (χ1v) is 7.59. The molecule has 0 saturated heterocycles. The molecule has 96 valence electrons. The minimum absolute atomic E-state index is 0.417. The zero-order valence-corrected chi connectivity index (χ0v) is 13.2. The Bertz CT molecular complexity index is 520. The fourth-order valence-electron chi connectivity index (χ4n) is 2.11. The van der Waals surface area contributed by atoms with Gasteiger partial charge in [-0.15, -0.1) is 11.3 Å². The first kappa shape index (κ1) is 13.8. The Morgan fingerprint density at radius 2 is 1.78 bits per heavy atom. The molecule has 18 heavy (non-hydrogen) atoms. The molecule has 0 saturated carbocycles. The fraction of sp³-hybridized carbons (Fsp3) is 0.333. The molecular weight excluding hydrogens is 308 g/mol. The van der Waals surface area contributed by atoms with Gasteiger partial charge in [0.15, 0.2) is 0 Å². The summed E-state index contributed by atoms with van der Waals surface area (Å²) in [6.07, 6.45) is 0.269. The van der Waals surface area contributed by atoms with Crippen molar-refractivity contribution in [3.63, 3.8) is 0 Å². The monoisotopic (exact) mass is 324 g/mol. The van der Waals surface area contributed by atoms with E-state index in [1.165, 1.54) is 22.3 Å². The zero-order chi connectivity index (χ0) is 13.3. The van der Waals surface area contributed by atoms with E-state index in [1.807, 2.05) is 0 Å². The van der Waals surface area contributed by atoms with Crippen LogP contribution in [0.25, 0.3) is 0 Å². The number of rotatable bonds is 3. The average molecular weight is 325 g/mol. The summed E-state index contributed by atoms with van der Waals surface area (Å²) < 4.78 is 1.11. The number of aliphatic hydroxyl groups excluding tert-OH is 1. The minimum Gasteiger partial charge on any atom is -0.387 e. The lowest BCUT2D eigenvalue weighted by molar-refractivity contribution is 0.182. The Labute approximate surface area is 121 Å². The predicted octanol–water partition coefficient (Wildman–Crippen LogP) is 4.71. The second-order valence-corrected chi connectivity index (χ2v) is 7.10. The highest BCUT2D eigenvalue weighted by atomic mass is 79.9. The van der Waals surface area contributed by atoms with Gasteiger partial charge in [0.25, 0.3) is 0 Å². The largest absolute Gasteiger partial charge is 0.387 e. The highest BCUT2D eigenvalue weighted by Crippen LogP contribution is 2.33. The SMILES string of the molecule is Cc1cc(C(O)Cc2c(C)cccc2C)sc1Br. The number of halogens is 1. The lowest BCUT2D eigenvalue weighted by Crippen LogP contribution is -2.03. The van der Waals surface area contributed by atoms with Gasteiger partial charge >= 0.3 is 0 Å². The molecule has 0 fully saturated rings. The third-order valence-corrected chi connectivity index (χ3v) is 5.48.